The van der Waals surface area contributed by atoms with Crippen molar-refractivity contribution >= 4 is 17.5 Å². The third-order valence-corrected chi connectivity index (χ3v) is 4.20. The average molecular weight is 387 g/mol. The summed E-state index contributed by atoms with van der Waals surface area (Å²) in [7, 11) is 3.13. The van der Waals surface area contributed by atoms with Gasteiger partial charge in [0.25, 0.3) is 5.91 Å². The minimum atomic E-state index is -0.328. The molecule has 3 rings (SSSR count). The first kappa shape index (κ1) is 18.7. The fraction of sp³-hybridized carbons (Fsp3) is 0.211. The molecule has 140 valence electrons. The largest absolute Gasteiger partial charge is 0.493 e. The van der Waals surface area contributed by atoms with Gasteiger partial charge in [0, 0.05) is 17.1 Å². The van der Waals surface area contributed by atoms with Gasteiger partial charge in [-0.05, 0) is 31.2 Å². The standard InChI is InChI=1S/C19H19ClN4O3/c1-12-17(23-24(22-12)15-8-5-7-14(20)10-15)19(25)21-11-13-6-4-9-16(26-2)18(13)27-3/h4-10H,11H2,1-3H3,(H,21,25). The van der Waals surface area contributed by atoms with Gasteiger partial charge < -0.3 is 14.8 Å². The second-order valence-electron chi connectivity index (χ2n) is 5.74. The lowest BCUT2D eigenvalue weighted by atomic mass is 10.2. The second-order valence-corrected chi connectivity index (χ2v) is 6.18. The van der Waals surface area contributed by atoms with Crippen molar-refractivity contribution in [3.05, 3.63) is 64.4 Å². The summed E-state index contributed by atoms with van der Waals surface area (Å²) in [6.07, 6.45) is 0. The molecule has 0 unspecified atom stereocenters. The molecule has 1 heterocycles. The number of carbonyl (C=O) groups excluding carboxylic acids is 1. The van der Waals surface area contributed by atoms with Crippen LogP contribution < -0.4 is 14.8 Å². The number of hydrogen-bond acceptors (Lipinski definition) is 5. The van der Waals surface area contributed by atoms with Gasteiger partial charge in [0.05, 0.1) is 25.6 Å². The fourth-order valence-corrected chi connectivity index (χ4v) is 2.84. The lowest BCUT2D eigenvalue weighted by Crippen LogP contribution is -2.24. The van der Waals surface area contributed by atoms with E-state index in [-0.39, 0.29) is 18.1 Å². The highest BCUT2D eigenvalue weighted by Gasteiger charge is 2.17. The molecule has 1 amide bonds. The summed E-state index contributed by atoms with van der Waals surface area (Å²) in [5, 5.41) is 12.0. The smallest absolute Gasteiger partial charge is 0.274 e. The van der Waals surface area contributed by atoms with Crippen LogP contribution in [0.25, 0.3) is 5.69 Å². The Morgan fingerprint density at radius 2 is 1.93 bits per heavy atom. The van der Waals surface area contributed by atoms with Crippen LogP contribution in [0, 0.1) is 6.92 Å². The maximum atomic E-state index is 12.6. The molecule has 0 saturated heterocycles. The van der Waals surface area contributed by atoms with E-state index in [4.69, 9.17) is 21.1 Å². The molecule has 0 radical (unpaired) electrons. The Labute approximate surface area is 161 Å². The van der Waals surface area contributed by atoms with Gasteiger partial charge in [-0.15, -0.1) is 5.10 Å². The van der Waals surface area contributed by atoms with E-state index in [0.29, 0.717) is 27.9 Å². The molecule has 2 aromatic carbocycles. The van der Waals surface area contributed by atoms with E-state index in [1.54, 1.807) is 45.4 Å². The van der Waals surface area contributed by atoms with E-state index in [0.717, 1.165) is 5.56 Å². The maximum Gasteiger partial charge on any atom is 0.274 e. The molecule has 7 nitrogen and oxygen atoms in total. The molecule has 1 aromatic heterocycles. The van der Waals surface area contributed by atoms with Crippen LogP contribution in [0.5, 0.6) is 11.5 Å². The Kier molecular flexibility index (Phi) is 5.61. The Balaban J connectivity index is 1.78. The number of nitrogens with one attached hydrogen (secondary N) is 1. The molecule has 8 heteroatoms. The number of rotatable bonds is 6. The van der Waals surface area contributed by atoms with Crippen molar-refractivity contribution in [1.82, 2.24) is 20.3 Å². The van der Waals surface area contributed by atoms with Crippen LogP contribution in [0.15, 0.2) is 42.5 Å². The highest BCUT2D eigenvalue weighted by molar-refractivity contribution is 6.30. The predicted molar refractivity (Wildman–Crippen MR) is 102 cm³/mol. The number of para-hydroxylation sites is 1. The van der Waals surface area contributed by atoms with Crippen LogP contribution >= 0.6 is 11.6 Å². The zero-order valence-corrected chi connectivity index (χ0v) is 15.9. The molecular weight excluding hydrogens is 368 g/mol. The van der Waals surface area contributed by atoms with E-state index in [2.05, 4.69) is 15.5 Å². The number of aryl methyl sites for hydroxylation is 1. The highest BCUT2D eigenvalue weighted by Crippen LogP contribution is 2.30. The van der Waals surface area contributed by atoms with E-state index in [9.17, 15) is 4.79 Å². The summed E-state index contributed by atoms with van der Waals surface area (Å²) in [5.74, 6) is 0.859. The Morgan fingerprint density at radius 3 is 2.63 bits per heavy atom. The van der Waals surface area contributed by atoms with Gasteiger partial charge in [0.2, 0.25) is 0 Å². The molecule has 27 heavy (non-hydrogen) atoms. The van der Waals surface area contributed by atoms with Crippen molar-refractivity contribution in [3.8, 4) is 17.2 Å². The zero-order chi connectivity index (χ0) is 19.4. The maximum absolute atomic E-state index is 12.6. The van der Waals surface area contributed by atoms with E-state index < -0.39 is 0 Å². The summed E-state index contributed by atoms with van der Waals surface area (Å²) < 4.78 is 10.7. The minimum Gasteiger partial charge on any atom is -0.493 e. The summed E-state index contributed by atoms with van der Waals surface area (Å²) in [4.78, 5) is 14.0. The molecule has 0 spiro atoms. The Bertz CT molecular complexity index is 971. The normalized spacial score (nSPS) is 10.5. The SMILES string of the molecule is COc1cccc(CNC(=O)c2nn(-c3cccc(Cl)c3)nc2C)c1OC. The van der Waals surface area contributed by atoms with Gasteiger partial charge in [0.15, 0.2) is 17.2 Å². The first-order chi connectivity index (χ1) is 13.0. The second kappa shape index (κ2) is 8.09. The van der Waals surface area contributed by atoms with Crippen LogP contribution in [0.3, 0.4) is 0 Å². The molecule has 0 aliphatic carbocycles. The summed E-state index contributed by atoms with van der Waals surface area (Å²) in [5.41, 5.74) is 2.24. The van der Waals surface area contributed by atoms with Crippen molar-refractivity contribution in [2.45, 2.75) is 13.5 Å². The highest BCUT2D eigenvalue weighted by atomic mass is 35.5. The van der Waals surface area contributed by atoms with Crippen molar-refractivity contribution in [3.63, 3.8) is 0 Å². The van der Waals surface area contributed by atoms with E-state index >= 15 is 0 Å². The average Bonchev–Trinajstić information content (AvgIpc) is 3.07. The van der Waals surface area contributed by atoms with Gasteiger partial charge in [-0.3, -0.25) is 4.79 Å². The molecule has 0 aliphatic heterocycles. The molecule has 0 bridgehead atoms. The molecule has 0 aliphatic rings. The lowest BCUT2D eigenvalue weighted by Gasteiger charge is -2.12. The molecule has 0 fully saturated rings. The number of ether oxygens (including phenoxy) is 2. The third kappa shape index (κ3) is 4.03. The van der Waals surface area contributed by atoms with Crippen LogP contribution in [-0.2, 0) is 6.54 Å². The van der Waals surface area contributed by atoms with E-state index in [1.807, 2.05) is 18.2 Å². The Morgan fingerprint density at radius 1 is 1.15 bits per heavy atom. The van der Waals surface area contributed by atoms with Crippen molar-refractivity contribution in [1.29, 1.82) is 0 Å². The zero-order valence-electron chi connectivity index (χ0n) is 15.2. The van der Waals surface area contributed by atoms with Gasteiger partial charge in [0.1, 0.15) is 0 Å². The predicted octanol–water partition coefficient (Wildman–Crippen LogP) is 3.18. The van der Waals surface area contributed by atoms with Crippen LogP contribution in [-0.4, -0.2) is 35.1 Å². The van der Waals surface area contributed by atoms with Gasteiger partial charge in [-0.2, -0.15) is 9.90 Å². The first-order valence-electron chi connectivity index (χ1n) is 8.21. The summed E-state index contributed by atoms with van der Waals surface area (Å²) >= 11 is 6.00. The van der Waals surface area contributed by atoms with Crippen molar-refractivity contribution < 1.29 is 14.3 Å². The lowest BCUT2D eigenvalue weighted by molar-refractivity contribution is 0.0944. The number of hydrogen-bond donors (Lipinski definition) is 1. The summed E-state index contributed by atoms with van der Waals surface area (Å²) in [6, 6.07) is 12.6. The topological polar surface area (TPSA) is 78.3 Å². The summed E-state index contributed by atoms with van der Waals surface area (Å²) in [6.45, 7) is 2.00. The number of nitrogens with zero attached hydrogens (tertiary/aromatic N) is 3. The van der Waals surface area contributed by atoms with Crippen LogP contribution in [0.1, 0.15) is 21.7 Å². The van der Waals surface area contributed by atoms with Gasteiger partial charge in [-0.1, -0.05) is 29.8 Å². The molecule has 3 aromatic rings. The Hall–Kier alpha value is -3.06. The van der Waals surface area contributed by atoms with Gasteiger partial charge >= 0.3 is 0 Å². The number of amides is 1. The molecule has 0 atom stereocenters. The van der Waals surface area contributed by atoms with Crippen molar-refractivity contribution in [2.24, 2.45) is 0 Å². The number of benzene rings is 2. The fourth-order valence-electron chi connectivity index (χ4n) is 2.66. The molecule has 1 N–H and O–H groups in total. The first-order valence-corrected chi connectivity index (χ1v) is 8.59. The molecular formula is C19H19ClN4O3. The number of methoxy groups -OCH3 is 2. The number of carbonyl (C=O) groups is 1. The third-order valence-electron chi connectivity index (χ3n) is 3.96. The quantitative estimate of drug-likeness (QED) is 0.704. The van der Waals surface area contributed by atoms with Gasteiger partial charge in [-0.25, -0.2) is 0 Å². The molecule has 0 saturated carbocycles. The van der Waals surface area contributed by atoms with Crippen LogP contribution in [0.4, 0.5) is 0 Å². The number of halogens is 1. The van der Waals surface area contributed by atoms with E-state index in [1.165, 1.54) is 4.80 Å². The van der Waals surface area contributed by atoms with Crippen LogP contribution in [0.2, 0.25) is 5.02 Å². The van der Waals surface area contributed by atoms with Crippen molar-refractivity contribution in [2.75, 3.05) is 14.2 Å². The minimum absolute atomic E-state index is 0.247. The number of aromatic nitrogens is 3. The monoisotopic (exact) mass is 386 g/mol.